The lowest BCUT2D eigenvalue weighted by atomic mass is 9.98. The van der Waals surface area contributed by atoms with E-state index in [2.05, 4.69) is 6.58 Å². The minimum Gasteiger partial charge on any atom is -0.478 e. The Labute approximate surface area is 70.5 Å². The third-order valence-electron chi connectivity index (χ3n) is 1.82. The van der Waals surface area contributed by atoms with Crippen molar-refractivity contribution in [2.75, 3.05) is 19.6 Å². The Kier molecular flexibility index (Phi) is 2.19. The average Bonchev–Trinajstić information content (AvgIpc) is 1.83. The maximum Gasteiger partial charge on any atom is 0.332 e. The van der Waals surface area contributed by atoms with E-state index in [0.717, 1.165) is 0 Å². The van der Waals surface area contributed by atoms with Gasteiger partial charge in [-0.05, 0) is 6.92 Å². The number of rotatable bonds is 3. The summed E-state index contributed by atoms with van der Waals surface area (Å²) in [6, 6.07) is 0. The molecule has 0 aromatic heterocycles. The molecule has 0 saturated carbocycles. The van der Waals surface area contributed by atoms with Crippen LogP contribution >= 0.6 is 0 Å². The third kappa shape index (κ3) is 2.04. The molecule has 1 fully saturated rings. The SMILES string of the molecule is C=C(CN1CC(C)(F)C1)C(=O)O. The van der Waals surface area contributed by atoms with Gasteiger partial charge in [0, 0.05) is 25.2 Å². The maximum atomic E-state index is 12.9. The molecule has 0 aromatic rings. The lowest BCUT2D eigenvalue weighted by Gasteiger charge is -2.42. The molecular formula is C8H12FNO2. The zero-order valence-corrected chi connectivity index (χ0v) is 7.01. The highest BCUT2D eigenvalue weighted by atomic mass is 19.1. The summed E-state index contributed by atoms with van der Waals surface area (Å²) in [6.45, 7) is 5.74. The van der Waals surface area contributed by atoms with Gasteiger partial charge >= 0.3 is 5.97 Å². The number of alkyl halides is 1. The second-order valence-corrected chi connectivity index (χ2v) is 3.47. The molecule has 0 bridgehead atoms. The van der Waals surface area contributed by atoms with Crippen LogP contribution in [0.2, 0.25) is 0 Å². The first-order valence-corrected chi connectivity index (χ1v) is 3.73. The topological polar surface area (TPSA) is 40.5 Å². The molecule has 0 aromatic carbocycles. The molecule has 68 valence electrons. The fourth-order valence-corrected chi connectivity index (χ4v) is 1.34. The van der Waals surface area contributed by atoms with Crippen molar-refractivity contribution in [3.8, 4) is 0 Å². The summed E-state index contributed by atoms with van der Waals surface area (Å²) in [6.07, 6.45) is 0. The predicted octanol–water partition coefficient (Wildman–Crippen LogP) is 0.671. The smallest absolute Gasteiger partial charge is 0.332 e. The first-order valence-electron chi connectivity index (χ1n) is 3.73. The van der Waals surface area contributed by atoms with Crippen molar-refractivity contribution in [2.45, 2.75) is 12.6 Å². The van der Waals surface area contributed by atoms with Crippen LogP contribution in [0.4, 0.5) is 4.39 Å². The van der Waals surface area contributed by atoms with Crippen LogP contribution in [0.5, 0.6) is 0 Å². The van der Waals surface area contributed by atoms with E-state index < -0.39 is 11.6 Å². The van der Waals surface area contributed by atoms with E-state index in [0.29, 0.717) is 13.1 Å². The van der Waals surface area contributed by atoms with Gasteiger partial charge in [-0.2, -0.15) is 0 Å². The normalized spacial score (nSPS) is 21.5. The quantitative estimate of drug-likeness (QED) is 0.638. The second kappa shape index (κ2) is 2.86. The van der Waals surface area contributed by atoms with E-state index in [1.165, 1.54) is 6.92 Å². The second-order valence-electron chi connectivity index (χ2n) is 3.47. The fourth-order valence-electron chi connectivity index (χ4n) is 1.34. The number of likely N-dealkylation sites (tertiary alicyclic amines) is 1. The number of hydrogen-bond acceptors (Lipinski definition) is 2. The third-order valence-corrected chi connectivity index (χ3v) is 1.82. The van der Waals surface area contributed by atoms with E-state index in [1.54, 1.807) is 4.90 Å². The van der Waals surface area contributed by atoms with Gasteiger partial charge in [0.05, 0.1) is 0 Å². The molecule has 0 radical (unpaired) electrons. The number of aliphatic carboxylic acids is 1. The van der Waals surface area contributed by atoms with Gasteiger partial charge in [0.25, 0.3) is 0 Å². The summed E-state index contributed by atoms with van der Waals surface area (Å²) >= 11 is 0. The highest BCUT2D eigenvalue weighted by Crippen LogP contribution is 2.24. The Hall–Kier alpha value is -0.900. The van der Waals surface area contributed by atoms with Crippen LogP contribution in [0.25, 0.3) is 0 Å². The summed E-state index contributed by atoms with van der Waals surface area (Å²) in [7, 11) is 0. The van der Waals surface area contributed by atoms with Gasteiger partial charge in [-0.3, -0.25) is 4.90 Å². The van der Waals surface area contributed by atoms with Crippen molar-refractivity contribution in [1.82, 2.24) is 4.90 Å². The molecule has 1 rings (SSSR count). The monoisotopic (exact) mass is 173 g/mol. The largest absolute Gasteiger partial charge is 0.478 e. The van der Waals surface area contributed by atoms with Gasteiger partial charge in [-0.1, -0.05) is 6.58 Å². The molecule has 0 unspecified atom stereocenters. The Morgan fingerprint density at radius 3 is 2.58 bits per heavy atom. The van der Waals surface area contributed by atoms with E-state index in [9.17, 15) is 9.18 Å². The van der Waals surface area contributed by atoms with Gasteiger partial charge in [0.1, 0.15) is 5.67 Å². The molecule has 12 heavy (non-hydrogen) atoms. The van der Waals surface area contributed by atoms with Crippen molar-refractivity contribution in [3.63, 3.8) is 0 Å². The molecular weight excluding hydrogens is 161 g/mol. The van der Waals surface area contributed by atoms with Gasteiger partial charge in [-0.15, -0.1) is 0 Å². The average molecular weight is 173 g/mol. The standard InChI is InChI=1S/C8H12FNO2/c1-6(7(11)12)3-10-4-8(2,9)5-10/h1,3-5H2,2H3,(H,11,12). The molecule has 1 N–H and O–H groups in total. The number of carboxylic acid groups (broad SMARTS) is 1. The molecule has 1 saturated heterocycles. The molecule has 0 amide bonds. The Balaban J connectivity index is 2.28. The zero-order valence-electron chi connectivity index (χ0n) is 7.01. The van der Waals surface area contributed by atoms with Crippen LogP contribution in [0, 0.1) is 0 Å². The molecule has 0 spiro atoms. The summed E-state index contributed by atoms with van der Waals surface area (Å²) in [5, 5.41) is 8.46. The Morgan fingerprint density at radius 1 is 1.75 bits per heavy atom. The van der Waals surface area contributed by atoms with Crippen molar-refractivity contribution in [2.24, 2.45) is 0 Å². The molecule has 3 nitrogen and oxygen atoms in total. The van der Waals surface area contributed by atoms with Crippen molar-refractivity contribution in [1.29, 1.82) is 0 Å². The summed E-state index contributed by atoms with van der Waals surface area (Å²) in [5.74, 6) is -1.01. The van der Waals surface area contributed by atoms with Crippen LogP contribution in [-0.4, -0.2) is 41.3 Å². The van der Waals surface area contributed by atoms with Crippen molar-refractivity contribution < 1.29 is 14.3 Å². The minimum atomic E-state index is -1.14. The lowest BCUT2D eigenvalue weighted by molar-refractivity contribution is -0.133. The van der Waals surface area contributed by atoms with Crippen LogP contribution < -0.4 is 0 Å². The van der Waals surface area contributed by atoms with Crippen LogP contribution in [0.3, 0.4) is 0 Å². The molecule has 0 aliphatic carbocycles. The van der Waals surface area contributed by atoms with Crippen LogP contribution in [0.15, 0.2) is 12.2 Å². The van der Waals surface area contributed by atoms with Gasteiger partial charge in [0.2, 0.25) is 0 Å². The Bertz CT molecular complexity index is 217. The number of hydrogen-bond donors (Lipinski definition) is 1. The summed E-state index contributed by atoms with van der Waals surface area (Å²) in [4.78, 5) is 12.0. The zero-order chi connectivity index (χ0) is 9.35. The maximum absolute atomic E-state index is 12.9. The Morgan fingerprint density at radius 2 is 2.25 bits per heavy atom. The van der Waals surface area contributed by atoms with Crippen LogP contribution in [0.1, 0.15) is 6.92 Å². The minimum absolute atomic E-state index is 0.116. The van der Waals surface area contributed by atoms with Crippen LogP contribution in [-0.2, 0) is 4.79 Å². The number of nitrogens with zero attached hydrogens (tertiary/aromatic N) is 1. The van der Waals surface area contributed by atoms with E-state index in [4.69, 9.17) is 5.11 Å². The molecule has 4 heteroatoms. The van der Waals surface area contributed by atoms with Gasteiger partial charge in [-0.25, -0.2) is 9.18 Å². The summed E-state index contributed by atoms with van der Waals surface area (Å²) in [5.41, 5.74) is -1.02. The van der Waals surface area contributed by atoms with E-state index >= 15 is 0 Å². The summed E-state index contributed by atoms with van der Waals surface area (Å²) < 4.78 is 12.9. The molecule has 1 aliphatic heterocycles. The highest BCUT2D eigenvalue weighted by molar-refractivity contribution is 5.86. The first-order chi connectivity index (χ1) is 5.41. The molecule has 1 aliphatic rings. The van der Waals surface area contributed by atoms with E-state index in [-0.39, 0.29) is 12.1 Å². The van der Waals surface area contributed by atoms with Gasteiger partial charge in [0.15, 0.2) is 0 Å². The fraction of sp³-hybridized carbons (Fsp3) is 0.625. The lowest BCUT2D eigenvalue weighted by Crippen LogP contribution is -2.57. The van der Waals surface area contributed by atoms with E-state index in [1.807, 2.05) is 0 Å². The first kappa shape index (κ1) is 9.19. The van der Waals surface area contributed by atoms with Gasteiger partial charge < -0.3 is 5.11 Å². The number of halogens is 1. The predicted molar refractivity (Wildman–Crippen MR) is 42.7 cm³/mol. The number of carboxylic acids is 1. The van der Waals surface area contributed by atoms with Crippen molar-refractivity contribution in [3.05, 3.63) is 12.2 Å². The molecule has 1 heterocycles. The molecule has 0 atom stereocenters. The highest BCUT2D eigenvalue weighted by Gasteiger charge is 2.38. The number of carbonyl (C=O) groups is 1. The van der Waals surface area contributed by atoms with Crippen molar-refractivity contribution >= 4 is 5.97 Å².